The van der Waals surface area contributed by atoms with Crippen LogP contribution in [0.1, 0.15) is 10.4 Å². The zero-order valence-corrected chi connectivity index (χ0v) is 19.7. The number of sulfone groups is 1. The average molecular weight is 579 g/mol. The Morgan fingerprint density at radius 3 is 2.30 bits per heavy atom. The summed E-state index contributed by atoms with van der Waals surface area (Å²) in [5, 5.41) is 3.06. The van der Waals surface area contributed by atoms with Gasteiger partial charge in [0.1, 0.15) is 11.6 Å². The van der Waals surface area contributed by atoms with Gasteiger partial charge in [0.15, 0.2) is 0 Å². The molecule has 10 heteroatoms. The van der Waals surface area contributed by atoms with Gasteiger partial charge in [-0.1, -0.05) is 23.2 Å². The van der Waals surface area contributed by atoms with Gasteiger partial charge in [0.2, 0.25) is 9.84 Å². The Morgan fingerprint density at radius 2 is 1.67 bits per heavy atom. The highest BCUT2D eigenvalue weighted by atomic mass is 127. The van der Waals surface area contributed by atoms with Crippen molar-refractivity contribution < 1.29 is 22.3 Å². The number of halogens is 4. The van der Waals surface area contributed by atoms with Crippen molar-refractivity contribution in [3.63, 3.8) is 0 Å². The van der Waals surface area contributed by atoms with Crippen molar-refractivity contribution in [3.05, 3.63) is 79.6 Å². The number of rotatable bonds is 5. The molecule has 0 unspecified atom stereocenters. The molecule has 156 valence electrons. The smallest absolute Gasteiger partial charge is 0.259 e. The van der Waals surface area contributed by atoms with Gasteiger partial charge in [-0.25, -0.2) is 12.8 Å². The molecule has 3 rings (SSSR count). The Hall–Kier alpha value is -1.88. The predicted molar refractivity (Wildman–Crippen MR) is 122 cm³/mol. The monoisotopic (exact) mass is 578 g/mol. The first-order chi connectivity index (χ1) is 14.1. The van der Waals surface area contributed by atoms with Gasteiger partial charge in [0.25, 0.3) is 5.91 Å². The van der Waals surface area contributed by atoms with Crippen molar-refractivity contribution in [1.29, 1.82) is 0 Å². The van der Waals surface area contributed by atoms with E-state index in [0.717, 1.165) is 24.3 Å². The van der Waals surface area contributed by atoms with Crippen LogP contribution in [0, 0.1) is 9.39 Å². The largest absolute Gasteiger partial charge is 0.495 e. The summed E-state index contributed by atoms with van der Waals surface area (Å²) in [5.74, 6) is -0.808. The third kappa shape index (κ3) is 4.72. The average Bonchev–Trinajstić information content (AvgIpc) is 2.69. The number of methoxy groups -OCH3 is 1. The minimum atomic E-state index is -3.95. The standard InChI is InChI=1S/C20H13Cl2FINO4S/c1-29-19-15(8-11(21)9-17(19)24)20(26)25-18-10-14(6-7-16(18)22)30(27,28)13-4-2-12(23)3-5-13/h2-10H,1H3,(H,25,26)/i23-1. The second kappa shape index (κ2) is 9.09. The van der Waals surface area contributed by atoms with Crippen LogP contribution in [0.3, 0.4) is 0 Å². The lowest BCUT2D eigenvalue weighted by molar-refractivity contribution is 0.102. The molecule has 0 aromatic heterocycles. The fraction of sp³-hybridized carbons (Fsp3) is 0.0500. The molecule has 5 nitrogen and oxygen atoms in total. The molecular weight excluding hydrogens is 566 g/mol. The minimum Gasteiger partial charge on any atom is -0.495 e. The molecule has 3 aromatic rings. The number of hydrogen-bond acceptors (Lipinski definition) is 4. The first kappa shape index (κ1) is 22.8. The van der Waals surface area contributed by atoms with E-state index in [1.165, 1.54) is 31.4 Å². The molecule has 0 spiro atoms. The van der Waals surface area contributed by atoms with E-state index in [-0.39, 0.29) is 26.1 Å². The molecular formula is C20H13Cl2FINO4S. The van der Waals surface area contributed by atoms with E-state index in [2.05, 4.69) is 5.32 Å². The number of nitrogens with one attached hydrogen (secondary N) is 1. The normalized spacial score (nSPS) is 11.2. The van der Waals surface area contributed by atoms with E-state index in [1.807, 2.05) is 22.6 Å². The fourth-order valence-corrected chi connectivity index (χ4v) is 5.34. The van der Waals surface area contributed by atoms with E-state index in [4.69, 9.17) is 27.9 Å². The summed E-state index contributed by atoms with van der Waals surface area (Å²) < 4.78 is 44.7. The van der Waals surface area contributed by atoms with Crippen LogP contribution >= 0.6 is 45.8 Å². The molecule has 0 aliphatic heterocycles. The van der Waals surface area contributed by atoms with E-state index in [1.54, 1.807) is 6.07 Å². The number of carbonyl (C=O) groups excluding carboxylic acids is 1. The van der Waals surface area contributed by atoms with Crippen molar-refractivity contribution in [1.82, 2.24) is 0 Å². The van der Waals surface area contributed by atoms with Gasteiger partial charge >= 0.3 is 0 Å². The van der Waals surface area contributed by atoms with Crippen molar-refractivity contribution >= 4 is 67.2 Å². The van der Waals surface area contributed by atoms with Crippen LogP contribution in [0.2, 0.25) is 10.0 Å². The molecule has 0 aliphatic rings. The second-order valence-electron chi connectivity index (χ2n) is 6.02. The first-order valence-electron chi connectivity index (χ1n) is 8.28. The summed E-state index contributed by atoms with van der Waals surface area (Å²) in [7, 11) is -2.52. The van der Waals surface area contributed by atoms with Crippen molar-refractivity contribution in [2.45, 2.75) is 9.79 Å². The van der Waals surface area contributed by atoms with Gasteiger partial charge in [0.05, 0.1) is 36.7 Å². The van der Waals surface area contributed by atoms with Crippen molar-refractivity contribution in [2.24, 2.45) is 0 Å². The number of benzene rings is 3. The van der Waals surface area contributed by atoms with E-state index < -0.39 is 21.6 Å². The van der Waals surface area contributed by atoms with Gasteiger partial charge in [0, 0.05) is 5.02 Å². The minimum absolute atomic E-state index is 0.0851. The summed E-state index contributed by atoms with van der Waals surface area (Å²) >= 11 is 14.2. The van der Waals surface area contributed by atoms with Gasteiger partial charge in [-0.15, -0.1) is 0 Å². The Balaban J connectivity index is 1.99. The van der Waals surface area contributed by atoms with Crippen molar-refractivity contribution in [3.8, 4) is 5.75 Å². The zero-order chi connectivity index (χ0) is 22.1. The maximum absolute atomic E-state index is 13.1. The third-order valence-electron chi connectivity index (χ3n) is 4.08. The zero-order valence-electron chi connectivity index (χ0n) is 15.2. The lowest BCUT2D eigenvalue weighted by Gasteiger charge is -2.13. The van der Waals surface area contributed by atoms with E-state index in [9.17, 15) is 17.6 Å². The molecule has 0 atom stereocenters. The number of amides is 1. The SMILES string of the molecule is COc1c(I)cc(Cl)cc1C(=O)Nc1cc(S(=O)(=O)c2ccc([18F])cc2)ccc1Cl. The Morgan fingerprint density at radius 1 is 1.03 bits per heavy atom. The van der Waals surface area contributed by atoms with Gasteiger partial charge in [-0.05, 0) is 77.2 Å². The highest BCUT2D eigenvalue weighted by Crippen LogP contribution is 2.32. The van der Waals surface area contributed by atoms with Crippen molar-refractivity contribution in [2.75, 3.05) is 12.4 Å². The van der Waals surface area contributed by atoms with E-state index >= 15 is 0 Å². The second-order valence-corrected chi connectivity index (χ2v) is 9.98. The molecule has 1 N–H and O–H groups in total. The number of carbonyl (C=O) groups is 1. The summed E-state index contributed by atoms with van der Waals surface area (Å²) in [6.07, 6.45) is 0. The fourth-order valence-electron chi connectivity index (χ4n) is 2.64. The van der Waals surface area contributed by atoms with Crippen LogP contribution in [0.5, 0.6) is 5.75 Å². The Kier molecular flexibility index (Phi) is 6.91. The number of hydrogen-bond donors (Lipinski definition) is 1. The van der Waals surface area contributed by atoms with Crippen LogP contribution in [-0.4, -0.2) is 21.4 Å². The molecule has 0 bridgehead atoms. The van der Waals surface area contributed by atoms with Crippen LogP contribution in [-0.2, 0) is 9.84 Å². The first-order valence-corrected chi connectivity index (χ1v) is 11.6. The van der Waals surface area contributed by atoms with Crippen LogP contribution in [0.25, 0.3) is 0 Å². The van der Waals surface area contributed by atoms with Crippen LogP contribution < -0.4 is 10.1 Å². The summed E-state index contributed by atoms with van der Waals surface area (Å²) in [5.41, 5.74) is 0.249. The number of anilines is 1. The molecule has 0 aliphatic carbocycles. The molecule has 0 saturated carbocycles. The molecule has 0 fully saturated rings. The molecule has 3 aromatic carbocycles. The predicted octanol–water partition coefficient (Wildman–Crippen LogP) is 5.83. The maximum atomic E-state index is 13.1. The lowest BCUT2D eigenvalue weighted by Crippen LogP contribution is -2.15. The topological polar surface area (TPSA) is 72.5 Å². The maximum Gasteiger partial charge on any atom is 0.259 e. The highest BCUT2D eigenvalue weighted by molar-refractivity contribution is 14.1. The molecule has 0 saturated heterocycles. The summed E-state index contributed by atoms with van der Waals surface area (Å²) in [6.45, 7) is 0. The molecule has 0 radical (unpaired) electrons. The van der Waals surface area contributed by atoms with Gasteiger partial charge < -0.3 is 10.1 Å². The van der Waals surface area contributed by atoms with Crippen LogP contribution in [0.4, 0.5) is 10.1 Å². The Labute approximate surface area is 196 Å². The lowest BCUT2D eigenvalue weighted by atomic mass is 10.2. The third-order valence-corrected chi connectivity index (χ3v) is 7.19. The molecule has 1 amide bonds. The van der Waals surface area contributed by atoms with Gasteiger partial charge in [-0.2, -0.15) is 0 Å². The molecule has 0 heterocycles. The van der Waals surface area contributed by atoms with E-state index in [0.29, 0.717) is 14.3 Å². The van der Waals surface area contributed by atoms with Gasteiger partial charge in [-0.3, -0.25) is 4.79 Å². The summed E-state index contributed by atoms with van der Waals surface area (Å²) in [4.78, 5) is 12.6. The quantitative estimate of drug-likeness (QED) is 0.305. The Bertz CT molecular complexity index is 1230. The number of ether oxygens (including phenoxy) is 1. The highest BCUT2D eigenvalue weighted by Gasteiger charge is 2.21. The summed E-state index contributed by atoms with van der Waals surface area (Å²) in [6, 6.07) is 11.4. The molecule has 30 heavy (non-hydrogen) atoms. The van der Waals surface area contributed by atoms with Crippen LogP contribution in [0.15, 0.2) is 64.4 Å².